The molecule has 0 spiro atoms. The van der Waals surface area contributed by atoms with Crippen molar-refractivity contribution in [2.24, 2.45) is 0 Å². The van der Waals surface area contributed by atoms with E-state index in [0.29, 0.717) is 18.2 Å². The molecule has 0 unspecified atom stereocenters. The van der Waals surface area contributed by atoms with Crippen LogP contribution in [0.25, 0.3) is 10.4 Å². The molecule has 0 saturated heterocycles. The molecular formula is C14H15ClFNS. The lowest BCUT2D eigenvalue weighted by Gasteiger charge is -2.10. The Morgan fingerprint density at radius 2 is 2.06 bits per heavy atom. The SMILES string of the molecule is CC(C)NCc1cc(-c2ccc(Cl)s2)ccc1F. The van der Waals surface area contributed by atoms with E-state index in [4.69, 9.17) is 11.6 Å². The van der Waals surface area contributed by atoms with Gasteiger partial charge in [0.15, 0.2) is 0 Å². The normalized spacial score (nSPS) is 11.2. The van der Waals surface area contributed by atoms with Crippen LogP contribution in [0.15, 0.2) is 30.3 Å². The summed E-state index contributed by atoms with van der Waals surface area (Å²) in [5.74, 6) is -0.172. The van der Waals surface area contributed by atoms with Crippen LogP contribution in [0.1, 0.15) is 19.4 Å². The van der Waals surface area contributed by atoms with Gasteiger partial charge < -0.3 is 5.32 Å². The van der Waals surface area contributed by atoms with E-state index in [-0.39, 0.29) is 5.82 Å². The third-order valence-electron chi connectivity index (χ3n) is 2.60. The van der Waals surface area contributed by atoms with Gasteiger partial charge in [-0.3, -0.25) is 0 Å². The Balaban J connectivity index is 2.25. The molecule has 1 N–H and O–H groups in total. The Morgan fingerprint density at radius 1 is 1.28 bits per heavy atom. The molecule has 0 radical (unpaired) electrons. The number of nitrogens with one attached hydrogen (secondary N) is 1. The fourth-order valence-corrected chi connectivity index (χ4v) is 2.69. The number of hydrogen-bond acceptors (Lipinski definition) is 2. The van der Waals surface area contributed by atoms with Crippen LogP contribution in [0.4, 0.5) is 4.39 Å². The summed E-state index contributed by atoms with van der Waals surface area (Å²) >= 11 is 7.42. The van der Waals surface area contributed by atoms with Gasteiger partial charge in [-0.25, -0.2) is 4.39 Å². The van der Waals surface area contributed by atoms with Crippen LogP contribution >= 0.6 is 22.9 Å². The van der Waals surface area contributed by atoms with Gasteiger partial charge in [0.2, 0.25) is 0 Å². The molecule has 0 aliphatic rings. The molecule has 2 rings (SSSR count). The second kappa shape index (κ2) is 5.83. The first-order valence-electron chi connectivity index (χ1n) is 5.84. The summed E-state index contributed by atoms with van der Waals surface area (Å²) in [7, 11) is 0. The number of thiophene rings is 1. The van der Waals surface area contributed by atoms with Crippen LogP contribution in [-0.4, -0.2) is 6.04 Å². The van der Waals surface area contributed by atoms with Crippen LogP contribution in [-0.2, 0) is 6.54 Å². The predicted octanol–water partition coefficient (Wildman–Crippen LogP) is 4.71. The minimum absolute atomic E-state index is 0.172. The average molecular weight is 284 g/mol. The van der Waals surface area contributed by atoms with Crippen molar-refractivity contribution in [2.45, 2.75) is 26.4 Å². The van der Waals surface area contributed by atoms with E-state index in [9.17, 15) is 4.39 Å². The maximum atomic E-state index is 13.7. The average Bonchev–Trinajstić information content (AvgIpc) is 2.74. The minimum atomic E-state index is -0.172. The van der Waals surface area contributed by atoms with Gasteiger partial charge >= 0.3 is 0 Å². The van der Waals surface area contributed by atoms with Crippen molar-refractivity contribution in [3.05, 3.63) is 46.0 Å². The van der Waals surface area contributed by atoms with Gasteiger partial charge in [-0.15, -0.1) is 11.3 Å². The summed E-state index contributed by atoms with van der Waals surface area (Å²) in [6.45, 7) is 4.62. The van der Waals surface area contributed by atoms with Gasteiger partial charge in [0, 0.05) is 23.0 Å². The van der Waals surface area contributed by atoms with Gasteiger partial charge in [-0.05, 0) is 29.8 Å². The van der Waals surface area contributed by atoms with Crippen molar-refractivity contribution >= 4 is 22.9 Å². The zero-order valence-electron chi connectivity index (χ0n) is 10.3. The number of hydrogen-bond donors (Lipinski definition) is 1. The molecule has 0 aliphatic carbocycles. The Bertz CT molecular complexity index is 536. The van der Waals surface area contributed by atoms with Gasteiger partial charge in [0.1, 0.15) is 5.82 Å². The highest BCUT2D eigenvalue weighted by atomic mass is 35.5. The summed E-state index contributed by atoms with van der Waals surface area (Å²) in [5, 5.41) is 3.22. The second-order valence-electron chi connectivity index (χ2n) is 4.45. The second-order valence-corrected chi connectivity index (χ2v) is 6.16. The maximum Gasteiger partial charge on any atom is 0.127 e. The van der Waals surface area contributed by atoms with E-state index >= 15 is 0 Å². The largest absolute Gasteiger partial charge is 0.310 e. The fourth-order valence-electron chi connectivity index (χ4n) is 1.65. The molecule has 0 fully saturated rings. The van der Waals surface area contributed by atoms with E-state index in [1.54, 1.807) is 6.07 Å². The summed E-state index contributed by atoms with van der Waals surface area (Å²) in [5.41, 5.74) is 1.69. The molecule has 1 nitrogen and oxygen atoms in total. The highest BCUT2D eigenvalue weighted by molar-refractivity contribution is 7.19. The summed E-state index contributed by atoms with van der Waals surface area (Å²) in [6, 6.07) is 9.34. The fraction of sp³-hybridized carbons (Fsp3) is 0.286. The van der Waals surface area contributed by atoms with E-state index < -0.39 is 0 Å². The summed E-state index contributed by atoms with van der Waals surface area (Å²) in [6.07, 6.45) is 0. The topological polar surface area (TPSA) is 12.0 Å². The van der Waals surface area contributed by atoms with Gasteiger partial charge in [0.25, 0.3) is 0 Å². The van der Waals surface area contributed by atoms with Gasteiger partial charge in [0.05, 0.1) is 4.34 Å². The molecule has 96 valence electrons. The molecule has 0 saturated carbocycles. The van der Waals surface area contributed by atoms with Crippen LogP contribution in [0.2, 0.25) is 4.34 Å². The molecule has 0 aliphatic heterocycles. The maximum absolute atomic E-state index is 13.7. The van der Waals surface area contributed by atoms with Crippen molar-refractivity contribution in [1.29, 1.82) is 0 Å². The number of halogens is 2. The number of rotatable bonds is 4. The van der Waals surface area contributed by atoms with E-state index in [1.165, 1.54) is 17.4 Å². The summed E-state index contributed by atoms with van der Waals surface area (Å²) in [4.78, 5) is 1.06. The van der Waals surface area contributed by atoms with Crippen LogP contribution in [0.3, 0.4) is 0 Å². The molecule has 4 heteroatoms. The van der Waals surface area contributed by atoms with Gasteiger partial charge in [-0.1, -0.05) is 31.5 Å². The van der Waals surface area contributed by atoms with Crippen molar-refractivity contribution in [1.82, 2.24) is 5.32 Å². The zero-order chi connectivity index (χ0) is 13.1. The van der Waals surface area contributed by atoms with Crippen LogP contribution in [0.5, 0.6) is 0 Å². The van der Waals surface area contributed by atoms with E-state index in [0.717, 1.165) is 14.8 Å². The Hall–Kier alpha value is -0.900. The highest BCUT2D eigenvalue weighted by Crippen LogP contribution is 2.31. The Morgan fingerprint density at radius 3 is 2.67 bits per heavy atom. The first kappa shape index (κ1) is 13.5. The standard InChI is InChI=1S/C14H15ClFNS/c1-9(2)17-8-11-7-10(3-4-12(11)16)13-5-6-14(15)18-13/h3-7,9,17H,8H2,1-2H3. The number of benzene rings is 1. The molecule has 0 bridgehead atoms. The van der Waals surface area contributed by atoms with Crippen molar-refractivity contribution in [2.75, 3.05) is 0 Å². The first-order valence-corrected chi connectivity index (χ1v) is 7.03. The van der Waals surface area contributed by atoms with Crippen LogP contribution in [0, 0.1) is 5.82 Å². The smallest absolute Gasteiger partial charge is 0.127 e. The van der Waals surface area contributed by atoms with E-state index in [1.807, 2.05) is 32.0 Å². The van der Waals surface area contributed by atoms with Crippen molar-refractivity contribution < 1.29 is 4.39 Å². The van der Waals surface area contributed by atoms with Gasteiger partial charge in [-0.2, -0.15) is 0 Å². The zero-order valence-corrected chi connectivity index (χ0v) is 11.9. The molecule has 0 atom stereocenters. The Kier molecular flexibility index (Phi) is 4.38. The predicted molar refractivity (Wildman–Crippen MR) is 76.7 cm³/mol. The molecule has 1 heterocycles. The Labute approximate surface area is 116 Å². The lowest BCUT2D eigenvalue weighted by atomic mass is 10.1. The molecule has 18 heavy (non-hydrogen) atoms. The van der Waals surface area contributed by atoms with E-state index in [2.05, 4.69) is 5.32 Å². The third kappa shape index (κ3) is 3.31. The molecule has 1 aromatic carbocycles. The first-order chi connectivity index (χ1) is 8.56. The lowest BCUT2D eigenvalue weighted by Crippen LogP contribution is -2.22. The van der Waals surface area contributed by atoms with Crippen LogP contribution < -0.4 is 5.32 Å². The van der Waals surface area contributed by atoms with Crippen molar-refractivity contribution in [3.8, 4) is 10.4 Å². The highest BCUT2D eigenvalue weighted by Gasteiger charge is 2.07. The molecule has 0 amide bonds. The molecular weight excluding hydrogens is 269 g/mol. The minimum Gasteiger partial charge on any atom is -0.310 e. The molecule has 1 aromatic heterocycles. The lowest BCUT2D eigenvalue weighted by molar-refractivity contribution is 0.553. The quantitative estimate of drug-likeness (QED) is 0.857. The van der Waals surface area contributed by atoms with Crippen molar-refractivity contribution in [3.63, 3.8) is 0 Å². The molecule has 2 aromatic rings. The third-order valence-corrected chi connectivity index (χ3v) is 3.88. The summed E-state index contributed by atoms with van der Waals surface area (Å²) < 4.78 is 14.4. The monoisotopic (exact) mass is 283 g/mol.